The van der Waals surface area contributed by atoms with E-state index in [1.165, 1.54) is 0 Å². The average molecular weight is 431 g/mol. The molecule has 9 heteroatoms. The summed E-state index contributed by atoms with van der Waals surface area (Å²) in [4.78, 5) is 25.8. The van der Waals surface area contributed by atoms with Crippen molar-refractivity contribution in [3.8, 4) is 0 Å². The second-order valence-corrected chi connectivity index (χ2v) is 8.13. The van der Waals surface area contributed by atoms with Crippen molar-refractivity contribution in [2.24, 2.45) is 5.73 Å². The van der Waals surface area contributed by atoms with E-state index in [0.717, 1.165) is 17.2 Å². The molecule has 0 aliphatic carbocycles. The molecule has 2 aromatic carbocycles. The molecule has 2 aromatic rings. The van der Waals surface area contributed by atoms with Gasteiger partial charge in [-0.3, -0.25) is 9.59 Å². The van der Waals surface area contributed by atoms with Crippen LogP contribution in [0.25, 0.3) is 10.8 Å². The van der Waals surface area contributed by atoms with Crippen LogP contribution >= 0.6 is 11.8 Å². The lowest BCUT2D eigenvalue weighted by Gasteiger charge is -2.23. The third kappa shape index (κ3) is 7.02. The second kappa shape index (κ2) is 12.6. The van der Waals surface area contributed by atoms with Crippen LogP contribution in [-0.2, 0) is 4.79 Å². The van der Waals surface area contributed by atoms with Crippen LogP contribution in [0.2, 0.25) is 0 Å². The topological polar surface area (TPSA) is 125 Å². The molecular weight excluding hydrogens is 401 g/mol. The van der Waals surface area contributed by atoms with E-state index < -0.39 is 25.0 Å². The Labute approximate surface area is 181 Å². The van der Waals surface area contributed by atoms with Gasteiger partial charge in [0.1, 0.15) is 6.04 Å². The number of thioether (sulfide) groups is 1. The smallest absolute Gasteiger partial charge is 0.426 e. The van der Waals surface area contributed by atoms with Crippen molar-refractivity contribution in [2.75, 3.05) is 18.6 Å². The molecule has 0 unspecified atom stereocenters. The molecular formula is C21H30BN3O4S. The largest absolute Gasteiger partial charge is 0.475 e. The molecule has 2 amide bonds. The SMILES string of the molecule is CSCC[C@H](NC(=O)[C@H](CCCCN)NC(=O)c1cccc2ccccc12)B(O)O. The molecule has 0 saturated carbocycles. The highest BCUT2D eigenvalue weighted by atomic mass is 32.2. The minimum absolute atomic E-state index is 0.343. The maximum absolute atomic E-state index is 13.0. The normalized spacial score (nSPS) is 12.9. The number of hydrogen-bond donors (Lipinski definition) is 5. The van der Waals surface area contributed by atoms with Crippen molar-refractivity contribution in [2.45, 2.75) is 37.7 Å². The summed E-state index contributed by atoms with van der Waals surface area (Å²) in [5.74, 6) is -0.899. The highest BCUT2D eigenvalue weighted by molar-refractivity contribution is 7.98. The molecule has 2 rings (SSSR count). The van der Waals surface area contributed by atoms with Gasteiger partial charge in [-0.05, 0) is 61.1 Å². The zero-order valence-electron chi connectivity index (χ0n) is 17.2. The molecule has 7 nitrogen and oxygen atoms in total. The average Bonchev–Trinajstić information content (AvgIpc) is 2.75. The zero-order valence-corrected chi connectivity index (χ0v) is 18.0. The summed E-state index contributed by atoms with van der Waals surface area (Å²) in [5, 5.41) is 26.4. The van der Waals surface area contributed by atoms with E-state index in [1.54, 1.807) is 23.9 Å². The lowest BCUT2D eigenvalue weighted by Crippen LogP contribution is -2.54. The van der Waals surface area contributed by atoms with Gasteiger partial charge < -0.3 is 26.4 Å². The minimum atomic E-state index is -1.67. The van der Waals surface area contributed by atoms with Crippen LogP contribution in [0.15, 0.2) is 42.5 Å². The molecule has 30 heavy (non-hydrogen) atoms. The highest BCUT2D eigenvalue weighted by Gasteiger charge is 2.29. The molecule has 0 saturated heterocycles. The number of fused-ring (bicyclic) bond motifs is 1. The molecule has 2 atom stereocenters. The molecule has 0 aliphatic rings. The van der Waals surface area contributed by atoms with Gasteiger partial charge in [0.2, 0.25) is 5.91 Å². The quantitative estimate of drug-likeness (QED) is 0.255. The first-order valence-corrected chi connectivity index (χ1v) is 11.5. The Hall–Kier alpha value is -2.07. The van der Waals surface area contributed by atoms with E-state index in [4.69, 9.17) is 5.73 Å². The lowest BCUT2D eigenvalue weighted by atomic mass is 9.77. The molecule has 0 heterocycles. The van der Waals surface area contributed by atoms with Gasteiger partial charge in [0, 0.05) is 5.56 Å². The molecule has 0 aromatic heterocycles. The lowest BCUT2D eigenvalue weighted by molar-refractivity contribution is -0.123. The van der Waals surface area contributed by atoms with Crippen molar-refractivity contribution < 1.29 is 19.6 Å². The van der Waals surface area contributed by atoms with Crippen LogP contribution in [0.5, 0.6) is 0 Å². The van der Waals surface area contributed by atoms with Crippen molar-refractivity contribution in [1.82, 2.24) is 10.6 Å². The van der Waals surface area contributed by atoms with Gasteiger partial charge in [0.05, 0.1) is 5.94 Å². The number of hydrogen-bond acceptors (Lipinski definition) is 6. The summed E-state index contributed by atoms with van der Waals surface area (Å²) >= 11 is 1.55. The Balaban J connectivity index is 2.16. The Morgan fingerprint density at radius 1 is 1.07 bits per heavy atom. The summed E-state index contributed by atoms with van der Waals surface area (Å²) in [6.07, 6.45) is 4.13. The van der Waals surface area contributed by atoms with E-state index >= 15 is 0 Å². The number of carbonyl (C=O) groups is 2. The minimum Gasteiger partial charge on any atom is -0.426 e. The molecule has 6 N–H and O–H groups in total. The summed E-state index contributed by atoms with van der Waals surface area (Å²) in [7, 11) is -1.67. The van der Waals surface area contributed by atoms with Crippen molar-refractivity contribution in [3.63, 3.8) is 0 Å². The van der Waals surface area contributed by atoms with Gasteiger partial charge in [-0.25, -0.2) is 0 Å². The van der Waals surface area contributed by atoms with Crippen molar-refractivity contribution in [1.29, 1.82) is 0 Å². The summed E-state index contributed by atoms with van der Waals surface area (Å²) in [5.41, 5.74) is 6.06. The Morgan fingerprint density at radius 2 is 1.80 bits per heavy atom. The van der Waals surface area contributed by atoms with E-state index in [2.05, 4.69) is 10.6 Å². The number of carbonyl (C=O) groups excluding carboxylic acids is 2. The van der Waals surface area contributed by atoms with Gasteiger partial charge in [-0.15, -0.1) is 0 Å². The first kappa shape index (κ1) is 24.2. The van der Waals surface area contributed by atoms with Crippen LogP contribution in [0.4, 0.5) is 0 Å². The third-order valence-electron chi connectivity index (χ3n) is 4.92. The second-order valence-electron chi connectivity index (χ2n) is 7.15. The standard InChI is InChI=1S/C21H30BN3O4S/c1-30-14-12-19(22(28)29)25-21(27)18(11-4-5-13-23)24-20(26)17-10-6-8-15-7-2-3-9-16(15)17/h2-3,6-10,18-19,28-29H,4-5,11-14,23H2,1H3,(H,24,26)(H,25,27)/t18-,19-/m0/s1. The van der Waals surface area contributed by atoms with Crippen molar-refractivity contribution in [3.05, 3.63) is 48.0 Å². The fourth-order valence-corrected chi connectivity index (χ4v) is 3.73. The fourth-order valence-electron chi connectivity index (χ4n) is 3.24. The maximum atomic E-state index is 13.0. The molecule has 0 spiro atoms. The van der Waals surface area contributed by atoms with Crippen LogP contribution < -0.4 is 16.4 Å². The van der Waals surface area contributed by atoms with Gasteiger partial charge in [-0.1, -0.05) is 36.4 Å². The predicted octanol–water partition coefficient (Wildman–Crippen LogP) is 1.32. The van der Waals surface area contributed by atoms with Crippen LogP contribution in [-0.4, -0.2) is 59.5 Å². The first-order chi connectivity index (χ1) is 14.5. The number of rotatable bonds is 12. The monoisotopic (exact) mass is 431 g/mol. The van der Waals surface area contributed by atoms with E-state index in [0.29, 0.717) is 37.1 Å². The summed E-state index contributed by atoms with van der Waals surface area (Å²) in [6, 6.07) is 12.2. The molecule has 0 fully saturated rings. The van der Waals surface area contributed by atoms with Crippen LogP contribution in [0, 0.1) is 0 Å². The van der Waals surface area contributed by atoms with Crippen molar-refractivity contribution >= 4 is 41.5 Å². The molecule has 0 radical (unpaired) electrons. The number of nitrogens with one attached hydrogen (secondary N) is 2. The van der Waals surface area contributed by atoms with Crippen LogP contribution in [0.1, 0.15) is 36.0 Å². The number of nitrogens with two attached hydrogens (primary N) is 1. The van der Waals surface area contributed by atoms with Gasteiger partial charge >= 0.3 is 7.12 Å². The molecule has 0 aliphatic heterocycles. The third-order valence-corrected chi connectivity index (χ3v) is 5.57. The van der Waals surface area contributed by atoms with E-state index in [-0.39, 0.29) is 5.91 Å². The van der Waals surface area contributed by atoms with Gasteiger partial charge in [0.15, 0.2) is 0 Å². The maximum Gasteiger partial charge on any atom is 0.475 e. The van der Waals surface area contributed by atoms with Gasteiger partial charge in [0.25, 0.3) is 5.91 Å². The Kier molecular flexibility index (Phi) is 10.2. The van der Waals surface area contributed by atoms with E-state index in [1.807, 2.05) is 36.6 Å². The highest BCUT2D eigenvalue weighted by Crippen LogP contribution is 2.19. The molecule has 0 bridgehead atoms. The first-order valence-electron chi connectivity index (χ1n) is 10.1. The summed E-state index contributed by atoms with van der Waals surface area (Å²) in [6.45, 7) is 0.497. The Bertz CT molecular complexity index is 832. The molecule has 162 valence electrons. The Morgan fingerprint density at radius 3 is 2.50 bits per heavy atom. The summed E-state index contributed by atoms with van der Waals surface area (Å²) < 4.78 is 0. The van der Waals surface area contributed by atoms with Crippen LogP contribution in [0.3, 0.4) is 0 Å². The van der Waals surface area contributed by atoms with Gasteiger partial charge in [-0.2, -0.15) is 11.8 Å². The number of benzene rings is 2. The zero-order chi connectivity index (χ0) is 21.9. The predicted molar refractivity (Wildman–Crippen MR) is 123 cm³/mol. The number of amides is 2. The fraction of sp³-hybridized carbons (Fsp3) is 0.429. The number of unbranched alkanes of at least 4 members (excludes halogenated alkanes) is 1. The van der Waals surface area contributed by atoms with E-state index in [9.17, 15) is 19.6 Å².